The van der Waals surface area contributed by atoms with Gasteiger partial charge in [0.25, 0.3) is 0 Å². The molecule has 0 amide bonds. The van der Waals surface area contributed by atoms with E-state index < -0.39 is 0 Å². The van der Waals surface area contributed by atoms with Crippen LogP contribution >= 0.6 is 0 Å². The van der Waals surface area contributed by atoms with Crippen LogP contribution in [0.5, 0.6) is 0 Å². The van der Waals surface area contributed by atoms with Crippen LogP contribution in [0.15, 0.2) is 169 Å². The lowest BCUT2D eigenvalue weighted by molar-refractivity contribution is 0.911. The number of aromatic nitrogens is 1. The molecule has 7 aromatic carbocycles. The summed E-state index contributed by atoms with van der Waals surface area (Å²) in [6, 6.07) is 51.3. The standard InChI is InChI=1S/C39H32N2.C12H9N/c40-41-39(30-10-2-1-3-11-30)24-17-27-9-8-12-31(25-27)28-18-20-29(21-19-28)32-22-23-37-35-15-5-4-13-33(35)34-14-6-7-16-36(34)38(37)26-32;1-3-7-11-9(5-1)10-6-2-4-8-12(10)13-11/h1-3,5,7-12,15-26H,4,6,13-14,40H2;1-8,13H/b24-17-,41-39+;. The summed E-state index contributed by atoms with van der Waals surface area (Å²) in [5.74, 6) is 5.68. The zero-order valence-electron chi connectivity index (χ0n) is 30.2. The molecule has 0 aliphatic heterocycles. The summed E-state index contributed by atoms with van der Waals surface area (Å²) in [4.78, 5) is 3.38. The summed E-state index contributed by atoms with van der Waals surface area (Å²) >= 11 is 0. The van der Waals surface area contributed by atoms with Crippen molar-refractivity contribution in [3.8, 4) is 22.3 Å². The van der Waals surface area contributed by atoms with Gasteiger partial charge in [-0.05, 0) is 117 Å². The Labute approximate surface area is 316 Å². The number of nitrogens with one attached hydrogen (secondary N) is 1. The molecular formula is C51H41N3. The van der Waals surface area contributed by atoms with Gasteiger partial charge in [-0.15, -0.1) is 0 Å². The first-order chi connectivity index (χ1) is 26.7. The van der Waals surface area contributed by atoms with E-state index in [-0.39, 0.29) is 0 Å². The number of aromatic amines is 1. The van der Waals surface area contributed by atoms with Crippen LogP contribution in [-0.4, -0.2) is 10.7 Å². The molecule has 0 unspecified atom stereocenters. The van der Waals surface area contributed by atoms with Gasteiger partial charge in [0.05, 0.1) is 5.71 Å². The number of rotatable bonds is 5. The molecule has 3 heteroatoms. The first kappa shape index (κ1) is 33.1. The third-order valence-electron chi connectivity index (χ3n) is 10.8. The smallest absolute Gasteiger partial charge is 0.0899 e. The van der Waals surface area contributed by atoms with Crippen LogP contribution in [0, 0.1) is 0 Å². The Morgan fingerprint density at radius 3 is 1.74 bits per heavy atom. The first-order valence-electron chi connectivity index (χ1n) is 18.9. The second-order valence-electron chi connectivity index (χ2n) is 14.1. The minimum atomic E-state index is 0.754. The van der Waals surface area contributed by atoms with E-state index in [0.29, 0.717) is 0 Å². The summed E-state index contributed by atoms with van der Waals surface area (Å²) in [7, 11) is 0. The molecular weight excluding hydrogens is 655 g/mol. The Hall–Kier alpha value is -6.71. The molecule has 2 aliphatic carbocycles. The van der Waals surface area contributed by atoms with E-state index >= 15 is 0 Å². The highest BCUT2D eigenvalue weighted by Crippen LogP contribution is 2.39. The molecule has 10 rings (SSSR count). The van der Waals surface area contributed by atoms with Gasteiger partial charge in [-0.1, -0.05) is 152 Å². The molecule has 0 radical (unpaired) electrons. The summed E-state index contributed by atoms with van der Waals surface area (Å²) < 4.78 is 0. The highest BCUT2D eigenvalue weighted by Gasteiger charge is 2.20. The fourth-order valence-electron chi connectivity index (χ4n) is 8.12. The summed E-state index contributed by atoms with van der Waals surface area (Å²) in [5.41, 5.74) is 16.2. The van der Waals surface area contributed by atoms with Crippen LogP contribution in [0.1, 0.15) is 46.2 Å². The van der Waals surface area contributed by atoms with Gasteiger partial charge >= 0.3 is 0 Å². The number of nitrogens with two attached hydrogens (primary N) is 1. The molecule has 3 nitrogen and oxygen atoms in total. The molecule has 8 aromatic rings. The molecule has 0 atom stereocenters. The van der Waals surface area contributed by atoms with E-state index in [2.05, 4.69) is 156 Å². The molecule has 1 aromatic heterocycles. The number of para-hydroxylation sites is 2. The number of H-pyrrole nitrogens is 1. The fraction of sp³-hybridized carbons (Fsp3) is 0.0784. The number of hydrogen-bond donors (Lipinski definition) is 2. The van der Waals surface area contributed by atoms with Gasteiger partial charge in [-0.2, -0.15) is 5.10 Å². The Morgan fingerprint density at radius 2 is 1.09 bits per heavy atom. The number of allylic oxidation sites excluding steroid dienone is 3. The van der Waals surface area contributed by atoms with Crippen LogP contribution in [-0.2, 0) is 12.8 Å². The summed E-state index contributed by atoms with van der Waals surface area (Å²) in [6.07, 6.45) is 18.0. The van der Waals surface area contributed by atoms with Crippen molar-refractivity contribution in [2.24, 2.45) is 10.9 Å². The number of nitrogens with zero attached hydrogens (tertiary/aromatic N) is 1. The average molecular weight is 696 g/mol. The van der Waals surface area contributed by atoms with E-state index in [1.165, 1.54) is 66.0 Å². The molecule has 0 spiro atoms. The second kappa shape index (κ2) is 14.7. The van der Waals surface area contributed by atoms with Crippen molar-refractivity contribution in [3.05, 3.63) is 197 Å². The van der Waals surface area contributed by atoms with Crippen molar-refractivity contribution in [2.75, 3.05) is 0 Å². The SMILES string of the molecule is N/N=C(\C=C/c1cccc(-c2ccc(-c3ccc4c5c(c6c(c4c3)C=CCC6)CCC=C5)cc2)c1)c1ccccc1.c1ccc2c(c1)[nH]c1ccccc12. The van der Waals surface area contributed by atoms with Crippen molar-refractivity contribution >= 4 is 56.5 Å². The van der Waals surface area contributed by atoms with Gasteiger partial charge in [-0.25, -0.2) is 0 Å². The molecule has 0 saturated heterocycles. The summed E-state index contributed by atoms with van der Waals surface area (Å²) in [5, 5.41) is 9.34. The zero-order valence-corrected chi connectivity index (χ0v) is 30.2. The van der Waals surface area contributed by atoms with Crippen LogP contribution in [0.4, 0.5) is 0 Å². The summed E-state index contributed by atoms with van der Waals surface area (Å²) in [6.45, 7) is 0. The molecule has 54 heavy (non-hydrogen) atoms. The van der Waals surface area contributed by atoms with Crippen LogP contribution < -0.4 is 5.84 Å². The van der Waals surface area contributed by atoms with Crippen molar-refractivity contribution in [1.82, 2.24) is 4.98 Å². The molecule has 3 N–H and O–H groups in total. The lowest BCUT2D eigenvalue weighted by Gasteiger charge is -2.24. The maximum absolute atomic E-state index is 5.68. The van der Waals surface area contributed by atoms with E-state index in [4.69, 9.17) is 5.84 Å². The normalized spacial score (nSPS) is 13.6. The second-order valence-corrected chi connectivity index (χ2v) is 14.1. The monoisotopic (exact) mass is 695 g/mol. The maximum Gasteiger partial charge on any atom is 0.0899 e. The highest BCUT2D eigenvalue weighted by molar-refractivity contribution is 6.10. The van der Waals surface area contributed by atoms with E-state index in [1.807, 2.05) is 36.4 Å². The number of hydrogen-bond acceptors (Lipinski definition) is 2. The lowest BCUT2D eigenvalue weighted by atomic mass is 9.80. The van der Waals surface area contributed by atoms with Gasteiger partial charge < -0.3 is 10.8 Å². The minimum absolute atomic E-state index is 0.754. The van der Waals surface area contributed by atoms with E-state index in [1.54, 1.807) is 11.1 Å². The van der Waals surface area contributed by atoms with Gasteiger partial charge in [0, 0.05) is 27.4 Å². The molecule has 0 fully saturated rings. The minimum Gasteiger partial charge on any atom is -0.355 e. The van der Waals surface area contributed by atoms with E-state index in [0.717, 1.165) is 42.5 Å². The van der Waals surface area contributed by atoms with Crippen molar-refractivity contribution in [1.29, 1.82) is 0 Å². The first-order valence-corrected chi connectivity index (χ1v) is 18.9. The average Bonchev–Trinajstić information content (AvgIpc) is 3.63. The van der Waals surface area contributed by atoms with Crippen molar-refractivity contribution in [2.45, 2.75) is 25.7 Å². The number of hydrazone groups is 1. The third-order valence-corrected chi connectivity index (χ3v) is 10.8. The fourth-order valence-corrected chi connectivity index (χ4v) is 8.12. The van der Waals surface area contributed by atoms with Gasteiger partial charge in [-0.3, -0.25) is 0 Å². The van der Waals surface area contributed by atoms with Gasteiger partial charge in [0.2, 0.25) is 0 Å². The van der Waals surface area contributed by atoms with Gasteiger partial charge in [0.1, 0.15) is 0 Å². The third kappa shape index (κ3) is 6.46. The molecule has 2 aliphatic rings. The van der Waals surface area contributed by atoms with Crippen molar-refractivity contribution < 1.29 is 0 Å². The zero-order chi connectivity index (χ0) is 36.3. The van der Waals surface area contributed by atoms with Crippen LogP contribution in [0.3, 0.4) is 0 Å². The molecule has 260 valence electrons. The molecule has 0 bridgehead atoms. The Bertz CT molecular complexity index is 2710. The quantitative estimate of drug-likeness (QED) is 0.105. The van der Waals surface area contributed by atoms with Crippen LogP contribution in [0.2, 0.25) is 0 Å². The van der Waals surface area contributed by atoms with E-state index in [9.17, 15) is 0 Å². The number of benzene rings is 7. The van der Waals surface area contributed by atoms with Crippen molar-refractivity contribution in [3.63, 3.8) is 0 Å². The highest BCUT2D eigenvalue weighted by atomic mass is 15.1. The Kier molecular flexibility index (Phi) is 9.04. The lowest BCUT2D eigenvalue weighted by Crippen LogP contribution is -2.07. The Balaban J connectivity index is 0.000000247. The Morgan fingerprint density at radius 1 is 0.519 bits per heavy atom. The topological polar surface area (TPSA) is 54.2 Å². The largest absolute Gasteiger partial charge is 0.355 e. The van der Waals surface area contributed by atoms with Gasteiger partial charge in [0.15, 0.2) is 0 Å². The molecule has 1 heterocycles. The predicted molar refractivity (Wildman–Crippen MR) is 232 cm³/mol. The maximum atomic E-state index is 5.68. The van der Waals surface area contributed by atoms with Crippen LogP contribution in [0.25, 0.3) is 73.1 Å². The predicted octanol–water partition coefficient (Wildman–Crippen LogP) is 12.8. The molecule has 0 saturated carbocycles. The number of fused-ring (bicyclic) bond motifs is 9.